The van der Waals surface area contributed by atoms with Crippen molar-refractivity contribution in [1.82, 2.24) is 48.1 Å². The van der Waals surface area contributed by atoms with Gasteiger partial charge in [0.25, 0.3) is 20.0 Å². The minimum atomic E-state index is -3.97. The van der Waals surface area contributed by atoms with Gasteiger partial charge in [-0.15, -0.1) is 34.4 Å². The highest BCUT2D eigenvalue weighted by molar-refractivity contribution is 9.11. The lowest BCUT2D eigenvalue weighted by molar-refractivity contribution is 0.403. The van der Waals surface area contributed by atoms with Crippen molar-refractivity contribution in [3.05, 3.63) is 246 Å². The molecule has 33 heteroatoms. The van der Waals surface area contributed by atoms with Gasteiger partial charge in [0.1, 0.15) is 30.8 Å². The number of pyridine rings is 1. The van der Waals surface area contributed by atoms with E-state index in [4.69, 9.17) is 16.3 Å². The largest absolute Gasteiger partial charge is 0.495 e. The summed E-state index contributed by atoms with van der Waals surface area (Å²) in [5, 5.41) is 14.6. The summed E-state index contributed by atoms with van der Waals surface area (Å²) in [4.78, 5) is 6.09. The van der Waals surface area contributed by atoms with Crippen molar-refractivity contribution in [3.63, 3.8) is 0 Å². The van der Waals surface area contributed by atoms with Crippen LogP contribution in [0, 0.1) is 48.5 Å². The molecule has 7 aromatic carbocycles. The number of rotatable bonds is 21. The van der Waals surface area contributed by atoms with Gasteiger partial charge in [0.2, 0.25) is 30.1 Å². The van der Waals surface area contributed by atoms with Gasteiger partial charge in [-0.2, -0.15) is 8.75 Å². The number of methoxy groups -OCH3 is 1. The lowest BCUT2D eigenvalue weighted by Gasteiger charge is -2.14. The third kappa shape index (κ3) is 21.2. The average molecular weight is 1620 g/mol. The Morgan fingerprint density at radius 3 is 1.95 bits per heavy atom. The van der Waals surface area contributed by atoms with E-state index < -0.39 is 50.1 Å². The topological polar surface area (TPSA) is 322 Å². The number of hydrogen-bond donors (Lipinski definition) is 5. The number of sulfonamides is 5. The summed E-state index contributed by atoms with van der Waals surface area (Å²) in [5.74, 6) is 0.663. The monoisotopic (exact) mass is 1610 g/mol. The maximum atomic E-state index is 13.0. The van der Waals surface area contributed by atoms with Gasteiger partial charge in [0.15, 0.2) is 5.82 Å². The molecule has 5 heterocycles. The van der Waals surface area contributed by atoms with Gasteiger partial charge in [-0.1, -0.05) is 114 Å². The van der Waals surface area contributed by atoms with E-state index in [1.165, 1.54) is 41.9 Å². The van der Waals surface area contributed by atoms with E-state index >= 15 is 0 Å². The number of para-hydroxylation sites is 1. The van der Waals surface area contributed by atoms with E-state index in [-0.39, 0.29) is 22.1 Å². The molecule has 0 atom stereocenters. The Hall–Kier alpha value is -8.22. The number of hydrogen-bond acceptors (Lipinski definition) is 20. The van der Waals surface area contributed by atoms with Gasteiger partial charge in [0.05, 0.1) is 54.3 Å². The van der Waals surface area contributed by atoms with Crippen molar-refractivity contribution < 1.29 is 46.8 Å². The zero-order chi connectivity index (χ0) is 74.2. The molecule has 0 saturated heterocycles. The molecule has 0 spiro atoms. The van der Waals surface area contributed by atoms with Crippen LogP contribution in [0.15, 0.2) is 216 Å². The lowest BCUT2D eigenvalue weighted by atomic mass is 10.1. The first-order chi connectivity index (χ1) is 48.3. The van der Waals surface area contributed by atoms with Gasteiger partial charge < -0.3 is 4.74 Å². The number of aromatic nitrogens is 7. The van der Waals surface area contributed by atoms with Crippen molar-refractivity contribution in [2.24, 2.45) is 0 Å². The van der Waals surface area contributed by atoms with E-state index in [0.29, 0.717) is 83.5 Å². The predicted octanol–water partition coefficient (Wildman–Crippen LogP) is 14.4. The summed E-state index contributed by atoms with van der Waals surface area (Å²) >= 11 is 13.1. The Balaban J connectivity index is 0.000000164. The molecule has 0 bridgehead atoms. The lowest BCUT2D eigenvalue weighted by Crippen LogP contribution is -2.25. The maximum absolute atomic E-state index is 13.0. The van der Waals surface area contributed by atoms with Crippen LogP contribution in [0.1, 0.15) is 56.3 Å². The first-order valence-electron chi connectivity index (χ1n) is 30.7. The number of nitrogens with zero attached hydrogens (tertiary/aromatic N) is 7. The molecule has 5 N–H and O–H groups in total. The first-order valence-corrected chi connectivity index (χ1v) is 41.8. The molecule has 0 unspecified atom stereocenters. The fraction of sp³-hybridized carbons (Fsp3) is 0.188. The fourth-order valence-corrected chi connectivity index (χ4v) is 19.8. The van der Waals surface area contributed by atoms with Crippen LogP contribution in [0.3, 0.4) is 0 Å². The van der Waals surface area contributed by atoms with Crippen LogP contribution in [0.25, 0.3) is 33.3 Å². The Morgan fingerprint density at radius 2 is 1.28 bits per heavy atom. The van der Waals surface area contributed by atoms with Gasteiger partial charge in [-0.3, -0.25) is 14.4 Å². The third-order valence-electron chi connectivity index (χ3n) is 14.6. The maximum Gasteiger partial charge on any atom is 0.265 e. The van der Waals surface area contributed by atoms with E-state index in [9.17, 15) is 42.1 Å². The number of nitrogens with one attached hydrogen (secondary N) is 5. The van der Waals surface area contributed by atoms with Crippen molar-refractivity contribution in [2.75, 3.05) is 23.1 Å². The van der Waals surface area contributed by atoms with Crippen LogP contribution in [0.4, 0.5) is 11.4 Å². The van der Waals surface area contributed by atoms with Gasteiger partial charge in [-0.05, 0) is 199 Å². The van der Waals surface area contributed by atoms with E-state index in [0.717, 1.165) is 64.7 Å². The summed E-state index contributed by atoms with van der Waals surface area (Å²) < 4.78 is 153. The molecule has 0 aliphatic carbocycles. The summed E-state index contributed by atoms with van der Waals surface area (Å²) in [6.45, 7) is 19.9. The van der Waals surface area contributed by atoms with Crippen molar-refractivity contribution in [1.29, 1.82) is 0 Å². The second kappa shape index (κ2) is 35.3. The smallest absolute Gasteiger partial charge is 0.265 e. The fourth-order valence-electron chi connectivity index (χ4n) is 9.89. The van der Waals surface area contributed by atoms with Crippen LogP contribution in [0.5, 0.6) is 5.75 Å². The highest BCUT2D eigenvalue weighted by atomic mass is 79.9. The molecule has 0 fully saturated rings. The Bertz CT molecular complexity index is 5500. The molecule has 0 radical (unpaired) electrons. The van der Waals surface area contributed by atoms with Crippen LogP contribution in [0.2, 0.25) is 5.02 Å². The van der Waals surface area contributed by atoms with Crippen molar-refractivity contribution in [2.45, 2.75) is 98.8 Å². The highest BCUT2D eigenvalue weighted by Gasteiger charge is 2.26. The molecule has 23 nitrogen and oxygen atoms in total. The zero-order valence-electron chi connectivity index (χ0n) is 56.5. The molecule has 0 aliphatic rings. The SMILES string of the molecule is C=CCNS(=O)(=O)c1c(C)cc(C)cc1C.CCn1nnnc1-c1ccc(OC)c(S(=O)(=O)Nc2cc(C)ccc2Cl)c1.Cc1ccc(CNS(=O)(=O)c2ccc(Br)s2)cc1.Cc1ccc2nsnc2c1S(=O)(=O)Nc1cccc2cccnc12.Cc1cccc(S(=O)(=O)NCc2cccs2)c1. The Labute approximate surface area is 620 Å². The van der Waals surface area contributed by atoms with Crippen molar-refractivity contribution >= 4 is 145 Å². The molecule has 12 aromatic rings. The Kier molecular flexibility index (Phi) is 27.5. The average Bonchev–Trinajstić information content (AvgIpc) is 1.40. The molecule has 0 aliphatic heterocycles. The van der Waals surface area contributed by atoms with Gasteiger partial charge >= 0.3 is 0 Å². The molecular formula is C69H72BrClN12O11S8. The standard InChI is InChI=1S/C17H18ClN5O3S.C16H12N4O2S2.C12H12BrNO2S2.C12H13NO2S2.C12H17NO2S/c1-4-23-17(19-21-22-23)12-6-8-15(26-3)16(10-12)27(24,25)20-14-9-11(2)5-7-13(14)18;1-10-7-8-12-15(19-23-18-12)16(10)24(21,22)20-13-6-2-4-11-5-3-9-17-14(11)13;1-9-2-4-10(5-3-9)8-14-18(15,16)12-7-6-11(13)17-12;1-10-4-2-6-12(8-10)17(14,15)13-9-11-5-3-7-16-11;1-5-6-13-16(14,15)12-10(3)7-9(2)8-11(12)4/h5-10,20H,4H2,1-3H3;2-9,20H,1H3;2-7,14H,8H2,1H3;2-8,13H,9H2,1H3;5,7-8,13H,1,6H2,2-4H3. The molecule has 536 valence electrons. The zero-order valence-corrected chi connectivity index (χ0v) is 65.4. The van der Waals surface area contributed by atoms with Gasteiger partial charge in [-0.25, -0.2) is 60.9 Å². The highest BCUT2D eigenvalue weighted by Crippen LogP contribution is 2.34. The summed E-state index contributed by atoms with van der Waals surface area (Å²) in [5.41, 5.74) is 9.99. The normalized spacial score (nSPS) is 11.6. The number of anilines is 2. The molecule has 12 rings (SSSR count). The molecule has 102 heavy (non-hydrogen) atoms. The minimum Gasteiger partial charge on any atom is -0.495 e. The third-order valence-corrected chi connectivity index (χ3v) is 26.0. The summed E-state index contributed by atoms with van der Waals surface area (Å²) in [7, 11) is -16.6. The number of thiophene rings is 2. The minimum absolute atomic E-state index is 0.0364. The number of benzene rings is 7. The second-order valence-electron chi connectivity index (χ2n) is 22.6. The van der Waals surface area contributed by atoms with Crippen LogP contribution in [-0.4, -0.2) is 89.7 Å². The molecule has 0 amide bonds. The van der Waals surface area contributed by atoms with Gasteiger partial charge in [0, 0.05) is 48.2 Å². The molecule has 0 saturated carbocycles. The van der Waals surface area contributed by atoms with Crippen LogP contribution >= 0.6 is 61.9 Å². The number of tetrazole rings is 1. The Morgan fingerprint density at radius 1 is 0.598 bits per heavy atom. The number of halogens is 2. The van der Waals surface area contributed by atoms with E-state index in [1.54, 1.807) is 103 Å². The molecule has 5 aromatic heterocycles. The van der Waals surface area contributed by atoms with Crippen molar-refractivity contribution in [3.8, 4) is 17.1 Å². The predicted molar refractivity (Wildman–Crippen MR) is 410 cm³/mol. The quantitative estimate of drug-likeness (QED) is 0.0417. The molecular weight excluding hydrogens is 1540 g/mol. The number of aryl methyl sites for hydroxylation is 8. The van der Waals surface area contributed by atoms with Crippen LogP contribution < -0.4 is 28.3 Å². The second-order valence-corrected chi connectivity index (χ2v) is 35.7. The van der Waals surface area contributed by atoms with E-state index in [2.05, 4.69) is 75.4 Å². The summed E-state index contributed by atoms with van der Waals surface area (Å²) in [6, 6.07) is 47.9. The number of ether oxygens (including phenoxy) is 1. The summed E-state index contributed by atoms with van der Waals surface area (Å²) in [6.07, 6.45) is 3.16. The first kappa shape index (κ1) is 79.5. The van der Waals surface area contributed by atoms with E-state index in [1.807, 2.05) is 127 Å². The van der Waals surface area contributed by atoms with Crippen LogP contribution in [-0.2, 0) is 69.8 Å². The number of fused-ring (bicyclic) bond motifs is 2.